The van der Waals surface area contributed by atoms with Gasteiger partial charge in [-0.2, -0.15) is 10.5 Å². The lowest BCUT2D eigenvalue weighted by Gasteiger charge is -2.33. The van der Waals surface area contributed by atoms with Gasteiger partial charge in [-0.25, -0.2) is 0 Å². The summed E-state index contributed by atoms with van der Waals surface area (Å²) >= 11 is 6.17. The second-order valence-electron chi connectivity index (χ2n) is 5.72. The molecule has 1 atom stereocenters. The van der Waals surface area contributed by atoms with Crippen molar-refractivity contribution < 1.29 is 0 Å². The Balaban J connectivity index is 1.77. The van der Waals surface area contributed by atoms with Crippen molar-refractivity contribution in [1.82, 2.24) is 4.90 Å². The summed E-state index contributed by atoms with van der Waals surface area (Å²) in [5, 5.41) is 22.0. The zero-order chi connectivity index (χ0) is 15.8. The molecule has 22 heavy (non-hydrogen) atoms. The lowest BCUT2D eigenvalue weighted by atomic mass is 10.0. The maximum absolute atomic E-state index is 9.15. The Bertz CT molecular complexity index is 553. The predicted molar refractivity (Wildman–Crippen MR) is 88.5 cm³/mol. The van der Waals surface area contributed by atoms with Crippen LogP contribution in [0.2, 0.25) is 5.02 Å². The molecule has 5 heteroatoms. The Morgan fingerprint density at radius 3 is 2.64 bits per heavy atom. The topological polar surface area (TPSA) is 62.9 Å². The predicted octanol–water partition coefficient (Wildman–Crippen LogP) is 3.66. The number of hydrogen-bond donors (Lipinski definition) is 1. The van der Waals surface area contributed by atoms with Crippen molar-refractivity contribution in [3.05, 3.63) is 29.3 Å². The molecule has 0 aromatic heterocycles. The van der Waals surface area contributed by atoms with Gasteiger partial charge in [0.1, 0.15) is 0 Å². The smallest absolute Gasteiger partial charge is 0.0669 e. The van der Waals surface area contributed by atoms with Gasteiger partial charge in [0.15, 0.2) is 0 Å². The molecule has 1 aliphatic rings. The molecule has 0 unspecified atom stereocenters. The second kappa shape index (κ2) is 8.63. The minimum atomic E-state index is -0.0345. The molecule has 1 aromatic carbocycles. The first-order valence-electron chi connectivity index (χ1n) is 7.73. The molecular weight excluding hydrogens is 296 g/mol. The summed E-state index contributed by atoms with van der Waals surface area (Å²) in [7, 11) is 0. The maximum atomic E-state index is 9.15. The molecule has 4 nitrogen and oxygen atoms in total. The van der Waals surface area contributed by atoms with Crippen molar-refractivity contribution in [1.29, 1.82) is 10.5 Å². The number of para-hydroxylation sites is 1. The molecule has 2 rings (SSSR count). The van der Waals surface area contributed by atoms with E-state index in [0.29, 0.717) is 18.9 Å². The molecule has 1 aliphatic heterocycles. The van der Waals surface area contributed by atoms with Crippen molar-refractivity contribution in [2.24, 2.45) is 5.92 Å². The number of anilines is 1. The number of likely N-dealkylation sites (tertiary alicyclic amines) is 1. The molecule has 1 saturated heterocycles. The van der Waals surface area contributed by atoms with E-state index in [2.05, 4.69) is 22.4 Å². The summed E-state index contributed by atoms with van der Waals surface area (Å²) in [6, 6.07) is 12.7. The SMILES string of the molecule is N#CCC[C@H](C#N)CN1CCC(Nc2ccccc2Cl)CC1. The van der Waals surface area contributed by atoms with Crippen LogP contribution in [0, 0.1) is 28.6 Å². The van der Waals surface area contributed by atoms with E-state index in [4.69, 9.17) is 22.1 Å². The van der Waals surface area contributed by atoms with Crippen molar-refractivity contribution in [3.8, 4) is 12.1 Å². The number of hydrogen-bond acceptors (Lipinski definition) is 4. The fraction of sp³-hybridized carbons (Fsp3) is 0.529. The first-order chi connectivity index (χ1) is 10.7. The third-order valence-corrected chi connectivity index (χ3v) is 4.42. The van der Waals surface area contributed by atoms with Crippen LogP contribution in [0.15, 0.2) is 24.3 Å². The minimum Gasteiger partial charge on any atom is -0.381 e. The zero-order valence-corrected chi connectivity index (χ0v) is 13.4. The molecule has 0 radical (unpaired) electrons. The van der Waals surface area contributed by atoms with Gasteiger partial charge in [0, 0.05) is 32.1 Å². The Kier molecular flexibility index (Phi) is 6.52. The van der Waals surface area contributed by atoms with Gasteiger partial charge in [-0.1, -0.05) is 23.7 Å². The summed E-state index contributed by atoms with van der Waals surface area (Å²) in [5.41, 5.74) is 0.992. The summed E-state index contributed by atoms with van der Waals surface area (Å²) in [6.07, 6.45) is 3.22. The molecule has 0 aliphatic carbocycles. The van der Waals surface area contributed by atoms with E-state index in [-0.39, 0.29) is 5.92 Å². The fourth-order valence-corrected chi connectivity index (χ4v) is 3.00. The standard InChI is InChI=1S/C17H21ClN4/c18-16-5-1-2-6-17(16)21-15-7-10-22(11-8-15)13-14(12-20)4-3-9-19/h1-2,5-6,14-15,21H,3-4,7-8,10-11,13H2/t14-/m1/s1. The van der Waals surface area contributed by atoms with E-state index in [0.717, 1.165) is 43.2 Å². The van der Waals surface area contributed by atoms with Gasteiger partial charge in [0.2, 0.25) is 0 Å². The van der Waals surface area contributed by atoms with Crippen LogP contribution in [0.3, 0.4) is 0 Å². The molecule has 1 aromatic rings. The summed E-state index contributed by atoms with van der Waals surface area (Å²) in [6.45, 7) is 2.73. The first kappa shape index (κ1) is 16.6. The van der Waals surface area contributed by atoms with Gasteiger partial charge in [-0.05, 0) is 31.4 Å². The van der Waals surface area contributed by atoms with Crippen molar-refractivity contribution in [2.45, 2.75) is 31.7 Å². The molecular formula is C17H21ClN4. The highest BCUT2D eigenvalue weighted by Gasteiger charge is 2.21. The molecule has 0 bridgehead atoms. The van der Waals surface area contributed by atoms with Crippen molar-refractivity contribution in [3.63, 3.8) is 0 Å². The quantitative estimate of drug-likeness (QED) is 0.870. The summed E-state index contributed by atoms with van der Waals surface area (Å²) in [4.78, 5) is 2.33. The molecule has 1 heterocycles. The van der Waals surface area contributed by atoms with Crippen molar-refractivity contribution >= 4 is 17.3 Å². The highest BCUT2D eigenvalue weighted by atomic mass is 35.5. The average Bonchev–Trinajstić information content (AvgIpc) is 2.55. The van der Waals surface area contributed by atoms with Gasteiger partial charge < -0.3 is 10.2 Å². The Morgan fingerprint density at radius 2 is 2.00 bits per heavy atom. The van der Waals surface area contributed by atoms with Gasteiger partial charge in [-0.3, -0.25) is 0 Å². The Hall–Kier alpha value is -1.75. The monoisotopic (exact) mass is 316 g/mol. The highest BCUT2D eigenvalue weighted by Crippen LogP contribution is 2.24. The van der Waals surface area contributed by atoms with Crippen LogP contribution in [0.1, 0.15) is 25.7 Å². The Morgan fingerprint density at radius 1 is 1.27 bits per heavy atom. The molecule has 116 valence electrons. The lowest BCUT2D eigenvalue weighted by molar-refractivity contribution is 0.199. The lowest BCUT2D eigenvalue weighted by Crippen LogP contribution is -2.41. The number of benzene rings is 1. The summed E-state index contributed by atoms with van der Waals surface area (Å²) in [5.74, 6) is -0.0345. The number of nitrogens with zero attached hydrogens (tertiary/aromatic N) is 3. The molecule has 0 amide bonds. The highest BCUT2D eigenvalue weighted by molar-refractivity contribution is 6.33. The van der Waals surface area contributed by atoms with Crippen LogP contribution in [0.25, 0.3) is 0 Å². The fourth-order valence-electron chi connectivity index (χ4n) is 2.81. The van der Waals surface area contributed by atoms with Crippen molar-refractivity contribution in [2.75, 3.05) is 25.0 Å². The van der Waals surface area contributed by atoms with Gasteiger partial charge in [0.05, 0.1) is 28.8 Å². The zero-order valence-electron chi connectivity index (χ0n) is 12.6. The van der Waals surface area contributed by atoms with Gasteiger partial charge in [0.25, 0.3) is 0 Å². The van der Waals surface area contributed by atoms with E-state index in [1.807, 2.05) is 24.3 Å². The molecule has 1 N–H and O–H groups in total. The van der Waals surface area contributed by atoms with Crippen LogP contribution in [0.4, 0.5) is 5.69 Å². The number of nitrogens with one attached hydrogen (secondary N) is 1. The van der Waals surface area contributed by atoms with E-state index < -0.39 is 0 Å². The van der Waals surface area contributed by atoms with Crippen LogP contribution in [-0.2, 0) is 0 Å². The molecule has 0 saturated carbocycles. The molecule has 1 fully saturated rings. The third kappa shape index (κ3) is 4.91. The van der Waals surface area contributed by atoms with Crippen LogP contribution >= 0.6 is 11.6 Å². The maximum Gasteiger partial charge on any atom is 0.0669 e. The average molecular weight is 317 g/mol. The molecule has 0 spiro atoms. The number of nitriles is 2. The summed E-state index contributed by atoms with van der Waals surface area (Å²) < 4.78 is 0. The Labute approximate surface area is 137 Å². The number of rotatable bonds is 6. The van der Waals surface area contributed by atoms with Crippen LogP contribution < -0.4 is 5.32 Å². The van der Waals surface area contributed by atoms with Crippen LogP contribution in [-0.4, -0.2) is 30.6 Å². The number of halogens is 1. The van der Waals surface area contributed by atoms with Crippen LogP contribution in [0.5, 0.6) is 0 Å². The number of piperidine rings is 1. The first-order valence-corrected chi connectivity index (χ1v) is 8.10. The normalized spacial score (nSPS) is 17.4. The second-order valence-corrected chi connectivity index (χ2v) is 6.13. The van der Waals surface area contributed by atoms with E-state index in [1.165, 1.54) is 0 Å². The van der Waals surface area contributed by atoms with E-state index >= 15 is 0 Å². The third-order valence-electron chi connectivity index (χ3n) is 4.09. The largest absolute Gasteiger partial charge is 0.381 e. The van der Waals surface area contributed by atoms with Gasteiger partial charge in [-0.15, -0.1) is 0 Å². The minimum absolute atomic E-state index is 0.0345. The van der Waals surface area contributed by atoms with Gasteiger partial charge >= 0.3 is 0 Å². The van der Waals surface area contributed by atoms with E-state index in [1.54, 1.807) is 0 Å². The van der Waals surface area contributed by atoms with E-state index in [9.17, 15) is 0 Å².